The van der Waals surface area contributed by atoms with Crippen molar-refractivity contribution >= 4 is 28.5 Å². The lowest BCUT2D eigenvalue weighted by Gasteiger charge is -2.12. The molecule has 1 amide bonds. The molecule has 0 fully saturated rings. The Hall–Kier alpha value is -2.33. The van der Waals surface area contributed by atoms with Gasteiger partial charge in [0.2, 0.25) is 0 Å². The Morgan fingerprint density at radius 2 is 2.09 bits per heavy atom. The second-order valence-electron chi connectivity index (χ2n) is 5.12. The Morgan fingerprint density at radius 3 is 2.77 bits per heavy atom. The van der Waals surface area contributed by atoms with Crippen LogP contribution in [0.1, 0.15) is 34.8 Å². The van der Waals surface area contributed by atoms with Crippen LogP contribution >= 0.6 is 11.6 Å². The van der Waals surface area contributed by atoms with Crippen molar-refractivity contribution in [3.63, 3.8) is 0 Å². The van der Waals surface area contributed by atoms with Gasteiger partial charge in [0.05, 0.1) is 16.8 Å². The largest absolute Gasteiger partial charge is 0.449 e. The number of hydrogen-bond acceptors (Lipinski definition) is 3. The van der Waals surface area contributed by atoms with E-state index in [0.717, 1.165) is 16.6 Å². The van der Waals surface area contributed by atoms with Gasteiger partial charge in [0.1, 0.15) is 0 Å². The third-order valence-corrected chi connectivity index (χ3v) is 3.90. The number of carbonyl (C=O) groups excluding carboxylic acids is 1. The van der Waals surface area contributed by atoms with E-state index in [1.54, 1.807) is 12.3 Å². The van der Waals surface area contributed by atoms with E-state index in [0.29, 0.717) is 10.6 Å². The summed E-state index contributed by atoms with van der Waals surface area (Å²) < 4.78 is 5.66. The average Bonchev–Trinajstić information content (AvgIpc) is 2.87. The van der Waals surface area contributed by atoms with E-state index in [1.165, 1.54) is 0 Å². The average molecular weight is 315 g/mol. The maximum absolute atomic E-state index is 12.5. The van der Waals surface area contributed by atoms with Crippen LogP contribution in [0.25, 0.3) is 11.0 Å². The summed E-state index contributed by atoms with van der Waals surface area (Å²) in [6.07, 6.45) is 1.70. The molecule has 0 bridgehead atoms. The van der Waals surface area contributed by atoms with Gasteiger partial charge in [-0.25, -0.2) is 0 Å². The standard InChI is InChI=1S/C17H15ClN2O2/c1-10-12-6-5-7-13(18)16(12)22-15(10)17(21)20-11(2)14-8-3-4-9-19-14/h3-9,11H,1-2H3,(H,20,21)/t11-/m1/s1. The molecule has 0 radical (unpaired) electrons. The number of furan rings is 1. The number of pyridine rings is 1. The molecule has 3 rings (SSSR count). The topological polar surface area (TPSA) is 55.1 Å². The van der Waals surface area contributed by atoms with Crippen molar-refractivity contribution < 1.29 is 9.21 Å². The van der Waals surface area contributed by atoms with Crippen molar-refractivity contribution in [1.29, 1.82) is 0 Å². The van der Waals surface area contributed by atoms with E-state index in [2.05, 4.69) is 10.3 Å². The van der Waals surface area contributed by atoms with Crippen LogP contribution in [0.5, 0.6) is 0 Å². The van der Waals surface area contributed by atoms with E-state index in [4.69, 9.17) is 16.0 Å². The van der Waals surface area contributed by atoms with Crippen LogP contribution in [-0.2, 0) is 0 Å². The second kappa shape index (κ2) is 5.81. The van der Waals surface area contributed by atoms with E-state index < -0.39 is 0 Å². The molecule has 0 spiro atoms. The number of nitrogens with one attached hydrogen (secondary N) is 1. The number of aromatic nitrogens is 1. The van der Waals surface area contributed by atoms with Gasteiger partial charge in [-0.05, 0) is 32.0 Å². The lowest BCUT2D eigenvalue weighted by atomic mass is 10.1. The van der Waals surface area contributed by atoms with Gasteiger partial charge in [-0.1, -0.05) is 29.8 Å². The first-order chi connectivity index (χ1) is 10.6. The summed E-state index contributed by atoms with van der Waals surface area (Å²) in [5, 5.41) is 4.24. The molecule has 1 N–H and O–H groups in total. The molecule has 0 aliphatic heterocycles. The summed E-state index contributed by atoms with van der Waals surface area (Å²) in [5.74, 6) is 0.00815. The van der Waals surface area contributed by atoms with Crippen LogP contribution in [0.2, 0.25) is 5.02 Å². The van der Waals surface area contributed by atoms with Crippen LogP contribution in [0.3, 0.4) is 0 Å². The molecule has 0 saturated carbocycles. The highest BCUT2D eigenvalue weighted by molar-refractivity contribution is 6.35. The number of hydrogen-bond donors (Lipinski definition) is 1. The highest BCUT2D eigenvalue weighted by Gasteiger charge is 2.20. The molecule has 0 aliphatic carbocycles. The molecule has 0 saturated heterocycles. The van der Waals surface area contributed by atoms with Crippen molar-refractivity contribution in [2.45, 2.75) is 19.9 Å². The lowest BCUT2D eigenvalue weighted by molar-refractivity contribution is 0.0912. The maximum atomic E-state index is 12.5. The first kappa shape index (κ1) is 14.6. The van der Waals surface area contributed by atoms with Crippen molar-refractivity contribution in [2.75, 3.05) is 0 Å². The fourth-order valence-electron chi connectivity index (χ4n) is 2.39. The molecule has 112 valence electrons. The number of nitrogens with zero attached hydrogens (tertiary/aromatic N) is 1. The fraction of sp³-hybridized carbons (Fsp3) is 0.176. The second-order valence-corrected chi connectivity index (χ2v) is 5.53. The van der Waals surface area contributed by atoms with Crippen LogP contribution in [0.15, 0.2) is 47.0 Å². The Balaban J connectivity index is 1.90. The van der Waals surface area contributed by atoms with E-state index in [9.17, 15) is 4.79 Å². The molecular formula is C17H15ClN2O2. The SMILES string of the molecule is Cc1c(C(=O)N[C@H](C)c2ccccn2)oc2c(Cl)cccc12. The molecule has 5 heteroatoms. The smallest absolute Gasteiger partial charge is 0.287 e. The van der Waals surface area contributed by atoms with Gasteiger partial charge < -0.3 is 9.73 Å². The normalized spacial score (nSPS) is 12.3. The number of carbonyl (C=O) groups is 1. The molecule has 2 heterocycles. The minimum atomic E-state index is -0.275. The fourth-order valence-corrected chi connectivity index (χ4v) is 2.61. The minimum Gasteiger partial charge on any atom is -0.449 e. The Bertz CT molecular complexity index is 827. The van der Waals surface area contributed by atoms with Crippen molar-refractivity contribution in [2.24, 2.45) is 0 Å². The zero-order valence-corrected chi connectivity index (χ0v) is 13.0. The first-order valence-corrected chi connectivity index (χ1v) is 7.35. The highest BCUT2D eigenvalue weighted by atomic mass is 35.5. The first-order valence-electron chi connectivity index (χ1n) is 6.97. The quantitative estimate of drug-likeness (QED) is 0.785. The number of amides is 1. The van der Waals surface area contributed by atoms with Gasteiger partial charge in [-0.15, -0.1) is 0 Å². The van der Waals surface area contributed by atoms with Crippen LogP contribution in [0, 0.1) is 6.92 Å². The number of benzene rings is 1. The Kier molecular flexibility index (Phi) is 3.86. The minimum absolute atomic E-state index is 0.211. The van der Waals surface area contributed by atoms with Gasteiger partial charge in [-0.2, -0.15) is 0 Å². The third-order valence-electron chi connectivity index (χ3n) is 3.60. The predicted molar refractivity (Wildman–Crippen MR) is 86.1 cm³/mol. The third kappa shape index (κ3) is 2.57. The summed E-state index contributed by atoms with van der Waals surface area (Å²) >= 11 is 6.11. The van der Waals surface area contributed by atoms with Gasteiger partial charge >= 0.3 is 0 Å². The molecule has 2 aromatic heterocycles. The van der Waals surface area contributed by atoms with Crippen LogP contribution in [-0.4, -0.2) is 10.9 Å². The Labute approximate surface area is 133 Å². The zero-order chi connectivity index (χ0) is 15.7. The molecule has 1 aromatic carbocycles. The summed E-state index contributed by atoms with van der Waals surface area (Å²) in [4.78, 5) is 16.7. The summed E-state index contributed by atoms with van der Waals surface area (Å²) in [7, 11) is 0. The highest BCUT2D eigenvalue weighted by Crippen LogP contribution is 2.30. The predicted octanol–water partition coefficient (Wildman–Crippen LogP) is 4.28. The van der Waals surface area contributed by atoms with E-state index >= 15 is 0 Å². The Morgan fingerprint density at radius 1 is 1.27 bits per heavy atom. The summed E-state index contributed by atoms with van der Waals surface area (Å²) in [6.45, 7) is 3.73. The monoisotopic (exact) mass is 314 g/mol. The van der Waals surface area contributed by atoms with Crippen molar-refractivity contribution in [3.8, 4) is 0 Å². The molecule has 22 heavy (non-hydrogen) atoms. The van der Waals surface area contributed by atoms with Gasteiger partial charge in [0.25, 0.3) is 5.91 Å². The number of rotatable bonds is 3. The molecule has 1 atom stereocenters. The number of fused-ring (bicyclic) bond motifs is 1. The number of para-hydroxylation sites is 1. The van der Waals surface area contributed by atoms with Crippen molar-refractivity contribution in [3.05, 3.63) is 64.6 Å². The number of halogens is 1. The molecular weight excluding hydrogens is 300 g/mol. The summed E-state index contributed by atoms with van der Waals surface area (Å²) in [6, 6.07) is 10.8. The van der Waals surface area contributed by atoms with Gasteiger partial charge in [0.15, 0.2) is 11.3 Å². The maximum Gasteiger partial charge on any atom is 0.287 e. The zero-order valence-electron chi connectivity index (χ0n) is 12.3. The van der Waals surface area contributed by atoms with Crippen LogP contribution < -0.4 is 5.32 Å². The lowest BCUT2D eigenvalue weighted by Crippen LogP contribution is -2.27. The van der Waals surface area contributed by atoms with E-state index in [-0.39, 0.29) is 17.7 Å². The summed E-state index contributed by atoms with van der Waals surface area (Å²) in [5.41, 5.74) is 2.11. The molecule has 0 unspecified atom stereocenters. The molecule has 3 aromatic rings. The van der Waals surface area contributed by atoms with E-state index in [1.807, 2.05) is 44.2 Å². The van der Waals surface area contributed by atoms with Gasteiger partial charge in [0, 0.05) is 17.1 Å². The van der Waals surface area contributed by atoms with Crippen LogP contribution in [0.4, 0.5) is 0 Å². The molecule has 4 nitrogen and oxygen atoms in total. The van der Waals surface area contributed by atoms with Crippen molar-refractivity contribution in [1.82, 2.24) is 10.3 Å². The van der Waals surface area contributed by atoms with Gasteiger partial charge in [-0.3, -0.25) is 9.78 Å². The molecule has 0 aliphatic rings. The number of aryl methyl sites for hydroxylation is 1.